The minimum absolute atomic E-state index is 0.0228. The molecule has 0 aliphatic rings. The largest absolute Gasteiger partial charge is 0.395 e. The maximum absolute atomic E-state index is 12.6. The molecular weight excluding hydrogens is 384 g/mol. The first-order valence-corrected chi connectivity index (χ1v) is 10.8. The summed E-state index contributed by atoms with van der Waals surface area (Å²) in [6.07, 6.45) is 0.990. The van der Waals surface area contributed by atoms with E-state index in [9.17, 15) is 9.90 Å². The number of rotatable bonds is 10. The number of aromatic nitrogens is 1. The highest BCUT2D eigenvalue weighted by atomic mass is 32.1. The number of thiocarbonyl (C=S) groups is 1. The van der Waals surface area contributed by atoms with Crippen molar-refractivity contribution in [2.24, 2.45) is 0 Å². The highest BCUT2D eigenvalue weighted by molar-refractivity contribution is 7.80. The molecule has 160 valence electrons. The summed E-state index contributed by atoms with van der Waals surface area (Å²) in [7, 11) is 0. The quantitative estimate of drug-likeness (QED) is 0.407. The molecule has 1 heterocycles. The summed E-state index contributed by atoms with van der Waals surface area (Å²) in [6, 6.07) is 6.07. The molecule has 0 unspecified atom stereocenters. The van der Waals surface area contributed by atoms with Crippen molar-refractivity contribution in [2.75, 3.05) is 39.3 Å². The van der Waals surface area contributed by atoms with Crippen LogP contribution in [0, 0.1) is 13.8 Å². The number of fused-ring (bicyclic) bond motifs is 1. The van der Waals surface area contributed by atoms with Crippen LogP contribution in [0.3, 0.4) is 0 Å². The first-order valence-electron chi connectivity index (χ1n) is 10.4. The SMILES string of the molecule is CCN(CC)CCCNC(=S)N(CCO)Cc1cc2cc(C)cc(C)c2[nH]c1=O. The maximum atomic E-state index is 12.6. The molecule has 0 bridgehead atoms. The molecule has 29 heavy (non-hydrogen) atoms. The number of hydrogen-bond donors (Lipinski definition) is 3. The lowest BCUT2D eigenvalue weighted by Gasteiger charge is -2.25. The molecule has 1 aromatic carbocycles. The summed E-state index contributed by atoms with van der Waals surface area (Å²) in [5.41, 5.74) is 3.61. The van der Waals surface area contributed by atoms with Gasteiger partial charge in [-0.25, -0.2) is 0 Å². The summed E-state index contributed by atoms with van der Waals surface area (Å²) in [4.78, 5) is 19.8. The Labute approximate surface area is 178 Å². The topological polar surface area (TPSA) is 71.6 Å². The van der Waals surface area contributed by atoms with Crippen LogP contribution in [0.25, 0.3) is 10.9 Å². The molecule has 0 aliphatic carbocycles. The van der Waals surface area contributed by atoms with Crippen molar-refractivity contribution < 1.29 is 5.11 Å². The first-order chi connectivity index (χ1) is 13.9. The van der Waals surface area contributed by atoms with Crippen LogP contribution in [0.4, 0.5) is 0 Å². The zero-order chi connectivity index (χ0) is 21.4. The predicted octanol–water partition coefficient (Wildman–Crippen LogP) is 2.55. The molecule has 0 spiro atoms. The van der Waals surface area contributed by atoms with E-state index in [1.807, 2.05) is 24.8 Å². The number of hydrogen-bond acceptors (Lipinski definition) is 4. The van der Waals surface area contributed by atoms with Gasteiger partial charge in [-0.05, 0) is 75.2 Å². The van der Waals surface area contributed by atoms with Gasteiger partial charge < -0.3 is 25.2 Å². The van der Waals surface area contributed by atoms with Crippen molar-refractivity contribution >= 4 is 28.2 Å². The standard InChI is InChI=1S/C22H34N4O2S/c1-5-25(6-2)9-7-8-23-22(29)26(10-11-27)15-19-14-18-13-16(3)12-17(4)20(18)24-21(19)28/h12-14,27H,5-11,15H2,1-4H3,(H,23,29)(H,24,28). The number of nitrogens with zero attached hydrogens (tertiary/aromatic N) is 2. The highest BCUT2D eigenvalue weighted by Crippen LogP contribution is 2.18. The van der Waals surface area contributed by atoms with E-state index in [0.717, 1.165) is 54.6 Å². The summed E-state index contributed by atoms with van der Waals surface area (Å²) in [5, 5.41) is 14.3. The van der Waals surface area contributed by atoms with Crippen LogP contribution in [-0.4, -0.2) is 64.3 Å². The number of pyridine rings is 1. The van der Waals surface area contributed by atoms with Crippen molar-refractivity contribution in [1.82, 2.24) is 20.1 Å². The Kier molecular flexibility index (Phi) is 9.07. The summed E-state index contributed by atoms with van der Waals surface area (Å²) in [6.45, 7) is 13.0. The fourth-order valence-electron chi connectivity index (χ4n) is 3.58. The average molecular weight is 419 g/mol. The summed E-state index contributed by atoms with van der Waals surface area (Å²) in [5.74, 6) is 0. The van der Waals surface area contributed by atoms with Crippen molar-refractivity contribution in [2.45, 2.75) is 40.7 Å². The molecule has 1 aromatic heterocycles. The van der Waals surface area contributed by atoms with Gasteiger partial charge in [-0.2, -0.15) is 0 Å². The third-order valence-corrected chi connectivity index (χ3v) is 5.61. The Morgan fingerprint density at radius 1 is 1.17 bits per heavy atom. The second kappa shape index (κ2) is 11.3. The zero-order valence-electron chi connectivity index (χ0n) is 18.0. The van der Waals surface area contributed by atoms with Gasteiger partial charge >= 0.3 is 0 Å². The van der Waals surface area contributed by atoms with Gasteiger partial charge in [-0.1, -0.05) is 25.5 Å². The van der Waals surface area contributed by atoms with Crippen LogP contribution < -0.4 is 10.9 Å². The van der Waals surface area contributed by atoms with Crippen LogP contribution in [-0.2, 0) is 6.54 Å². The third-order valence-electron chi connectivity index (χ3n) is 5.21. The van der Waals surface area contributed by atoms with E-state index in [0.29, 0.717) is 23.8 Å². The fourth-order valence-corrected chi connectivity index (χ4v) is 3.84. The van der Waals surface area contributed by atoms with Crippen LogP contribution in [0.15, 0.2) is 23.0 Å². The van der Waals surface area contributed by atoms with E-state index in [2.05, 4.69) is 41.2 Å². The number of aryl methyl sites for hydroxylation is 2. The molecule has 0 saturated heterocycles. The molecule has 3 N–H and O–H groups in total. The minimum atomic E-state index is -0.114. The molecule has 0 radical (unpaired) electrons. The van der Waals surface area contributed by atoms with Gasteiger partial charge in [-0.15, -0.1) is 0 Å². The maximum Gasteiger partial charge on any atom is 0.253 e. The molecule has 6 nitrogen and oxygen atoms in total. The number of H-pyrrole nitrogens is 1. The van der Waals surface area contributed by atoms with Gasteiger partial charge in [-0.3, -0.25) is 4.79 Å². The predicted molar refractivity (Wildman–Crippen MR) is 125 cm³/mol. The number of aliphatic hydroxyl groups excluding tert-OH is 1. The van der Waals surface area contributed by atoms with Crippen molar-refractivity contribution in [3.63, 3.8) is 0 Å². The smallest absolute Gasteiger partial charge is 0.253 e. The molecule has 0 saturated carbocycles. The monoisotopic (exact) mass is 418 g/mol. The number of benzene rings is 1. The number of aliphatic hydroxyl groups is 1. The Hall–Kier alpha value is -1.96. The van der Waals surface area contributed by atoms with Crippen LogP contribution in [0.1, 0.15) is 37.0 Å². The Bertz CT molecular complexity index is 877. The Morgan fingerprint density at radius 2 is 1.90 bits per heavy atom. The average Bonchev–Trinajstić information content (AvgIpc) is 2.68. The summed E-state index contributed by atoms with van der Waals surface area (Å²) >= 11 is 5.53. The van der Waals surface area contributed by atoms with E-state index in [1.54, 1.807) is 0 Å². The normalized spacial score (nSPS) is 11.2. The zero-order valence-corrected chi connectivity index (χ0v) is 18.9. The lowest BCUT2D eigenvalue weighted by atomic mass is 10.1. The molecule has 0 aliphatic heterocycles. The molecule has 2 aromatic rings. The van der Waals surface area contributed by atoms with Gasteiger partial charge in [0.15, 0.2) is 5.11 Å². The minimum Gasteiger partial charge on any atom is -0.395 e. The number of nitrogens with one attached hydrogen (secondary N) is 2. The van der Waals surface area contributed by atoms with Crippen LogP contribution in [0.2, 0.25) is 0 Å². The van der Waals surface area contributed by atoms with Gasteiger partial charge in [0.05, 0.1) is 18.7 Å². The van der Waals surface area contributed by atoms with Gasteiger partial charge in [0.2, 0.25) is 0 Å². The van der Waals surface area contributed by atoms with Crippen LogP contribution in [0.5, 0.6) is 0 Å². The summed E-state index contributed by atoms with van der Waals surface area (Å²) < 4.78 is 0. The van der Waals surface area contributed by atoms with Crippen molar-refractivity contribution in [3.8, 4) is 0 Å². The molecule has 0 fully saturated rings. The lowest BCUT2D eigenvalue weighted by Crippen LogP contribution is -2.42. The Balaban J connectivity index is 2.08. The molecular formula is C22H34N4O2S. The van der Waals surface area contributed by atoms with E-state index in [1.165, 1.54) is 0 Å². The molecule has 7 heteroatoms. The second-order valence-corrected chi connectivity index (χ2v) is 7.81. The molecule has 2 rings (SSSR count). The van der Waals surface area contributed by atoms with Crippen molar-refractivity contribution in [3.05, 3.63) is 45.2 Å². The highest BCUT2D eigenvalue weighted by Gasteiger charge is 2.13. The lowest BCUT2D eigenvalue weighted by molar-refractivity contribution is 0.244. The van der Waals surface area contributed by atoms with E-state index >= 15 is 0 Å². The van der Waals surface area contributed by atoms with Crippen LogP contribution >= 0.6 is 12.2 Å². The van der Waals surface area contributed by atoms with E-state index in [4.69, 9.17) is 12.2 Å². The molecule has 0 amide bonds. The van der Waals surface area contributed by atoms with Crippen molar-refractivity contribution in [1.29, 1.82) is 0 Å². The number of aromatic amines is 1. The van der Waals surface area contributed by atoms with Gasteiger partial charge in [0.1, 0.15) is 0 Å². The first kappa shape index (κ1) is 23.3. The molecule has 0 atom stereocenters. The fraction of sp³-hybridized carbons (Fsp3) is 0.545. The Morgan fingerprint density at radius 3 is 2.55 bits per heavy atom. The second-order valence-electron chi connectivity index (χ2n) is 7.43. The van der Waals surface area contributed by atoms with Gasteiger partial charge in [0.25, 0.3) is 5.56 Å². The van der Waals surface area contributed by atoms with E-state index in [-0.39, 0.29) is 12.2 Å². The third kappa shape index (κ3) is 6.52. The van der Waals surface area contributed by atoms with E-state index < -0.39 is 0 Å². The van der Waals surface area contributed by atoms with Gasteiger partial charge in [0, 0.05) is 18.7 Å².